The molecule has 29 heavy (non-hydrogen) atoms. The Balaban J connectivity index is 2.32. The van der Waals surface area contributed by atoms with Crippen molar-refractivity contribution in [3.8, 4) is 0 Å². The monoisotopic (exact) mass is 407 g/mol. The first-order valence-corrected chi connectivity index (χ1v) is 9.81. The summed E-state index contributed by atoms with van der Waals surface area (Å²) in [7, 11) is 0. The number of carbonyl (C=O) groups is 4. The summed E-state index contributed by atoms with van der Waals surface area (Å²) in [6.45, 7) is 1.33. The molecule has 0 saturated carbocycles. The lowest BCUT2D eigenvalue weighted by atomic mass is 10.1. The minimum Gasteiger partial charge on any atom is -0.481 e. The van der Waals surface area contributed by atoms with Crippen LogP contribution in [0.2, 0.25) is 0 Å². The summed E-state index contributed by atoms with van der Waals surface area (Å²) in [6.07, 6.45) is 3.52. The predicted octanol–water partition coefficient (Wildman–Crippen LogP) is 2.44. The lowest BCUT2D eigenvalue weighted by Gasteiger charge is -2.19. The van der Waals surface area contributed by atoms with Crippen molar-refractivity contribution in [1.82, 2.24) is 5.32 Å². The van der Waals surface area contributed by atoms with Gasteiger partial charge in [-0.2, -0.15) is 0 Å². The van der Waals surface area contributed by atoms with Crippen molar-refractivity contribution in [3.05, 3.63) is 35.9 Å². The Hall–Kier alpha value is -2.74. The first kappa shape index (κ1) is 24.3. The predicted molar refractivity (Wildman–Crippen MR) is 105 cm³/mol. The number of amides is 1. The molecule has 160 valence electrons. The molecule has 0 heterocycles. The molecular formula is C21H29NO7. The third-order valence-corrected chi connectivity index (χ3v) is 4.29. The lowest BCUT2D eigenvalue weighted by molar-refractivity contribution is -0.162. The molecule has 1 aromatic rings. The Morgan fingerprint density at radius 2 is 1.48 bits per heavy atom. The van der Waals surface area contributed by atoms with Gasteiger partial charge in [-0.05, 0) is 31.9 Å². The standard InChI is InChI=1S/C21H29NO7/c1-15(23)19(22-20(27)16-11-7-6-8-12-16)21(28)29-18(26)14-10-5-3-2-4-9-13-17(24)25/h6-8,11-12,15,19,23H,2-5,9-10,13-14H2,1H3,(H,22,27)(H,24,25)/t15-,19+/m1/s1. The fraction of sp³-hybridized carbons (Fsp3) is 0.524. The molecule has 2 atom stereocenters. The van der Waals surface area contributed by atoms with Gasteiger partial charge in [0.2, 0.25) is 0 Å². The summed E-state index contributed by atoms with van der Waals surface area (Å²) < 4.78 is 4.76. The second-order valence-corrected chi connectivity index (χ2v) is 6.87. The number of benzene rings is 1. The van der Waals surface area contributed by atoms with E-state index in [9.17, 15) is 24.3 Å². The average Bonchev–Trinajstić information content (AvgIpc) is 2.67. The van der Waals surface area contributed by atoms with E-state index in [0.29, 0.717) is 18.4 Å². The Kier molecular flexibility index (Phi) is 11.3. The van der Waals surface area contributed by atoms with Gasteiger partial charge in [-0.1, -0.05) is 43.9 Å². The zero-order valence-corrected chi connectivity index (χ0v) is 16.6. The van der Waals surface area contributed by atoms with Gasteiger partial charge in [-0.25, -0.2) is 4.79 Å². The number of rotatable bonds is 13. The first-order chi connectivity index (χ1) is 13.8. The van der Waals surface area contributed by atoms with Crippen LogP contribution in [0.3, 0.4) is 0 Å². The topological polar surface area (TPSA) is 130 Å². The maximum atomic E-state index is 12.2. The highest BCUT2D eigenvalue weighted by molar-refractivity contribution is 5.98. The van der Waals surface area contributed by atoms with E-state index in [2.05, 4.69) is 5.32 Å². The Morgan fingerprint density at radius 3 is 2.03 bits per heavy atom. The first-order valence-electron chi connectivity index (χ1n) is 9.81. The summed E-state index contributed by atoms with van der Waals surface area (Å²) in [4.78, 5) is 46.6. The molecule has 0 unspecified atom stereocenters. The van der Waals surface area contributed by atoms with Crippen LogP contribution >= 0.6 is 0 Å². The van der Waals surface area contributed by atoms with Gasteiger partial charge in [0.15, 0.2) is 6.04 Å². The van der Waals surface area contributed by atoms with Crippen molar-refractivity contribution in [1.29, 1.82) is 0 Å². The highest BCUT2D eigenvalue weighted by atomic mass is 16.6. The lowest BCUT2D eigenvalue weighted by Crippen LogP contribution is -2.49. The van der Waals surface area contributed by atoms with E-state index in [0.717, 1.165) is 25.7 Å². The van der Waals surface area contributed by atoms with Crippen molar-refractivity contribution in [2.24, 2.45) is 0 Å². The number of aliphatic hydroxyl groups excluding tert-OH is 1. The zero-order chi connectivity index (χ0) is 21.6. The third-order valence-electron chi connectivity index (χ3n) is 4.29. The summed E-state index contributed by atoms with van der Waals surface area (Å²) in [5.41, 5.74) is 0.320. The Bertz CT molecular complexity index is 673. The van der Waals surface area contributed by atoms with Gasteiger partial charge in [-0.15, -0.1) is 0 Å². The molecule has 3 N–H and O–H groups in total. The fourth-order valence-electron chi connectivity index (χ4n) is 2.67. The van der Waals surface area contributed by atoms with Crippen LogP contribution in [0, 0.1) is 0 Å². The number of hydrogen-bond acceptors (Lipinski definition) is 6. The van der Waals surface area contributed by atoms with E-state index in [-0.39, 0.29) is 12.8 Å². The van der Waals surface area contributed by atoms with E-state index in [1.165, 1.54) is 6.92 Å². The normalized spacial score (nSPS) is 12.6. The number of unbranched alkanes of at least 4 members (excludes halogenated alkanes) is 5. The van der Waals surface area contributed by atoms with Crippen molar-refractivity contribution >= 4 is 23.8 Å². The number of carboxylic acid groups (broad SMARTS) is 1. The molecule has 0 saturated heterocycles. The average molecular weight is 407 g/mol. The number of hydrogen-bond donors (Lipinski definition) is 3. The quantitative estimate of drug-likeness (QED) is 0.260. The van der Waals surface area contributed by atoms with Crippen LogP contribution in [-0.4, -0.2) is 46.2 Å². The zero-order valence-electron chi connectivity index (χ0n) is 16.6. The summed E-state index contributed by atoms with van der Waals surface area (Å²) >= 11 is 0. The number of carboxylic acids is 1. The number of carbonyl (C=O) groups excluding carboxylic acids is 3. The van der Waals surface area contributed by atoms with Crippen LogP contribution in [0.1, 0.15) is 68.6 Å². The minimum absolute atomic E-state index is 0.0556. The van der Waals surface area contributed by atoms with E-state index in [1.807, 2.05) is 0 Å². The summed E-state index contributed by atoms with van der Waals surface area (Å²) in [6, 6.07) is 6.85. The van der Waals surface area contributed by atoms with Gasteiger partial charge in [0, 0.05) is 18.4 Å². The molecule has 8 heteroatoms. The largest absolute Gasteiger partial charge is 0.481 e. The van der Waals surface area contributed by atoms with Crippen LogP contribution < -0.4 is 5.32 Å². The van der Waals surface area contributed by atoms with Crippen molar-refractivity contribution in [2.75, 3.05) is 0 Å². The summed E-state index contributed by atoms with van der Waals surface area (Å²) in [5, 5.41) is 20.7. The smallest absolute Gasteiger partial charge is 0.339 e. The second kappa shape index (κ2) is 13.4. The SMILES string of the molecule is C[C@@H](O)[C@H](NC(=O)c1ccccc1)C(=O)OC(=O)CCCCCCCCC(=O)O. The molecule has 1 rings (SSSR count). The number of ether oxygens (including phenoxy) is 1. The van der Waals surface area contributed by atoms with Crippen LogP contribution in [0.15, 0.2) is 30.3 Å². The van der Waals surface area contributed by atoms with E-state index in [4.69, 9.17) is 9.84 Å². The maximum Gasteiger partial charge on any atom is 0.339 e. The number of esters is 2. The molecule has 0 aliphatic rings. The molecule has 8 nitrogen and oxygen atoms in total. The Labute approximate surface area is 170 Å². The van der Waals surface area contributed by atoms with Crippen molar-refractivity contribution in [2.45, 2.75) is 70.4 Å². The molecule has 0 aliphatic heterocycles. The van der Waals surface area contributed by atoms with Crippen LogP contribution in [0.4, 0.5) is 0 Å². The Morgan fingerprint density at radius 1 is 0.931 bits per heavy atom. The number of nitrogens with one attached hydrogen (secondary N) is 1. The summed E-state index contributed by atoms with van der Waals surface area (Å²) in [5.74, 6) is -3.06. The molecule has 1 amide bonds. The number of aliphatic hydroxyl groups is 1. The molecule has 0 aromatic heterocycles. The van der Waals surface area contributed by atoms with Gasteiger partial charge >= 0.3 is 17.9 Å². The van der Waals surface area contributed by atoms with Crippen molar-refractivity contribution in [3.63, 3.8) is 0 Å². The second-order valence-electron chi connectivity index (χ2n) is 6.87. The van der Waals surface area contributed by atoms with Gasteiger partial charge in [0.05, 0.1) is 6.10 Å². The van der Waals surface area contributed by atoms with Gasteiger partial charge < -0.3 is 20.3 Å². The van der Waals surface area contributed by atoms with Gasteiger partial charge in [0.1, 0.15) is 0 Å². The minimum atomic E-state index is -1.35. The number of aliphatic carboxylic acids is 1. The van der Waals surface area contributed by atoms with E-state index >= 15 is 0 Å². The van der Waals surface area contributed by atoms with Gasteiger partial charge in [-0.3, -0.25) is 14.4 Å². The highest BCUT2D eigenvalue weighted by Gasteiger charge is 2.29. The molecule has 0 fully saturated rings. The van der Waals surface area contributed by atoms with Crippen LogP contribution in [0.25, 0.3) is 0 Å². The molecular weight excluding hydrogens is 378 g/mol. The molecule has 0 spiro atoms. The van der Waals surface area contributed by atoms with Crippen LogP contribution in [-0.2, 0) is 19.1 Å². The third kappa shape index (κ3) is 10.4. The molecule has 1 aromatic carbocycles. The van der Waals surface area contributed by atoms with Crippen molar-refractivity contribution < 1.29 is 34.1 Å². The molecule has 0 bridgehead atoms. The van der Waals surface area contributed by atoms with Crippen LogP contribution in [0.5, 0.6) is 0 Å². The fourth-order valence-corrected chi connectivity index (χ4v) is 2.67. The highest BCUT2D eigenvalue weighted by Crippen LogP contribution is 2.10. The molecule has 0 radical (unpaired) electrons. The van der Waals surface area contributed by atoms with E-state index < -0.39 is 36.0 Å². The maximum absolute atomic E-state index is 12.2. The molecule has 0 aliphatic carbocycles. The van der Waals surface area contributed by atoms with Gasteiger partial charge in [0.25, 0.3) is 5.91 Å². The van der Waals surface area contributed by atoms with E-state index in [1.54, 1.807) is 30.3 Å².